The number of rotatable bonds is 6. The van der Waals surface area contributed by atoms with E-state index in [-0.39, 0.29) is 47.5 Å². The average molecular weight is 1010 g/mol. The van der Waals surface area contributed by atoms with Crippen molar-refractivity contribution in [2.75, 3.05) is 34.8 Å². The van der Waals surface area contributed by atoms with Gasteiger partial charge in [-0.25, -0.2) is 18.7 Å². The van der Waals surface area contributed by atoms with Gasteiger partial charge in [-0.2, -0.15) is 19.3 Å². The molecule has 20 nitrogen and oxygen atoms in total. The molecule has 384 valence electrons. The summed E-state index contributed by atoms with van der Waals surface area (Å²) >= 11 is 5.74. The number of aromatic nitrogens is 12. The molecule has 5 N–H and O–H groups in total. The molecule has 4 atom stereocenters. The van der Waals surface area contributed by atoms with Crippen molar-refractivity contribution in [3.63, 3.8) is 0 Å². The Kier molecular flexibility index (Phi) is 13.5. The third-order valence-corrected chi connectivity index (χ3v) is 14.6. The highest BCUT2D eigenvalue weighted by Gasteiger charge is 2.45. The first kappa shape index (κ1) is 50.5. The first-order chi connectivity index (χ1) is 33.7. The summed E-state index contributed by atoms with van der Waals surface area (Å²) in [4.78, 5) is 21.4. The van der Waals surface area contributed by atoms with E-state index in [4.69, 9.17) is 26.8 Å². The number of hydrogen-bond acceptors (Lipinski definition) is 18. The van der Waals surface area contributed by atoms with E-state index in [9.17, 15) is 8.78 Å². The number of nitrogens with two attached hydrogens (primary N) is 1. The highest BCUT2D eigenvalue weighted by Crippen LogP contribution is 2.42. The molecule has 0 saturated carbocycles. The van der Waals surface area contributed by atoms with E-state index in [0.29, 0.717) is 52.5 Å². The van der Waals surface area contributed by atoms with Crippen LogP contribution in [0.3, 0.4) is 0 Å². The van der Waals surface area contributed by atoms with E-state index in [0.717, 1.165) is 49.9 Å². The van der Waals surface area contributed by atoms with Gasteiger partial charge in [0, 0.05) is 46.6 Å². The number of piperidine rings is 2. The van der Waals surface area contributed by atoms with E-state index in [1.807, 2.05) is 52.0 Å². The first-order valence-corrected chi connectivity index (χ1v) is 24.6. The van der Waals surface area contributed by atoms with Crippen molar-refractivity contribution < 1.29 is 18.3 Å². The van der Waals surface area contributed by atoms with Crippen LogP contribution in [-0.4, -0.2) is 118 Å². The Balaban J connectivity index is 0.000000146. The summed E-state index contributed by atoms with van der Waals surface area (Å²) in [7, 11) is 0. The maximum atomic E-state index is 14.7. The number of ether oxygens (including phenoxy) is 2. The van der Waals surface area contributed by atoms with Crippen molar-refractivity contribution in [1.29, 1.82) is 0 Å². The molecule has 72 heavy (non-hydrogen) atoms. The van der Waals surface area contributed by atoms with Crippen molar-refractivity contribution in [3.05, 3.63) is 77.4 Å². The largest absolute Gasteiger partial charge is 0.478 e. The van der Waals surface area contributed by atoms with Crippen LogP contribution in [0.1, 0.15) is 126 Å². The summed E-state index contributed by atoms with van der Waals surface area (Å²) in [6, 6.07) is 12.5. The van der Waals surface area contributed by atoms with Gasteiger partial charge in [-0.1, -0.05) is 7.43 Å². The van der Waals surface area contributed by atoms with Crippen LogP contribution >= 0.6 is 11.6 Å². The van der Waals surface area contributed by atoms with Crippen LogP contribution in [0.5, 0.6) is 11.5 Å². The molecular formula is C49H65ClF2N18O2. The van der Waals surface area contributed by atoms with Crippen LogP contribution in [-0.2, 0) is 11.2 Å². The van der Waals surface area contributed by atoms with Crippen molar-refractivity contribution in [2.24, 2.45) is 0 Å². The number of tetrazole rings is 2. The van der Waals surface area contributed by atoms with E-state index in [2.05, 4.69) is 104 Å². The first-order valence-electron chi connectivity index (χ1n) is 24.3. The third-order valence-electron chi connectivity index (χ3n) is 14.5. The number of halogens is 3. The Morgan fingerprint density at radius 1 is 0.681 bits per heavy atom. The Morgan fingerprint density at radius 3 is 1.74 bits per heavy atom. The predicted octanol–water partition coefficient (Wildman–Crippen LogP) is 8.37. The lowest BCUT2D eigenvalue weighted by atomic mass is 9.84. The summed E-state index contributed by atoms with van der Waals surface area (Å²) in [5.74, 6) is 2.54. The van der Waals surface area contributed by atoms with Gasteiger partial charge in [0.15, 0.2) is 46.1 Å². The van der Waals surface area contributed by atoms with Gasteiger partial charge in [0.25, 0.3) is 0 Å². The summed E-state index contributed by atoms with van der Waals surface area (Å²) in [6.45, 7) is 19.1. The van der Waals surface area contributed by atoms with E-state index < -0.39 is 22.8 Å². The van der Waals surface area contributed by atoms with Gasteiger partial charge in [-0.05, 0) is 189 Å². The summed E-state index contributed by atoms with van der Waals surface area (Å²) in [6.07, 6.45) is 11.2. The van der Waals surface area contributed by atoms with Crippen LogP contribution < -0.4 is 31.2 Å². The summed E-state index contributed by atoms with van der Waals surface area (Å²) < 4.78 is 43.7. The molecule has 6 aromatic rings. The Hall–Kier alpha value is -6.39. The lowest BCUT2D eigenvalue weighted by molar-refractivity contribution is 0.0498. The Labute approximate surface area is 423 Å². The summed E-state index contributed by atoms with van der Waals surface area (Å²) in [5.41, 5.74) is 7.64. The fourth-order valence-corrected chi connectivity index (χ4v) is 11.6. The van der Waals surface area contributed by atoms with Gasteiger partial charge < -0.3 is 31.2 Å². The van der Waals surface area contributed by atoms with Crippen molar-refractivity contribution in [1.82, 2.24) is 70.2 Å². The molecule has 4 saturated heterocycles. The van der Waals surface area contributed by atoms with Gasteiger partial charge in [0.2, 0.25) is 11.2 Å². The SMILES string of the molecule is C.CC1(C)CC(Nc2nc(Cl)ncc2F)CC2CCCN21.CC1(C)Oc2ccc(N)cc2-n2nnnc21.CC1(C)Oc2ccc(Nc3ncc(F)c(NC4CC5CCCN5C(C)(C)C4)n3)cc2-n2nnnc21. The highest BCUT2D eigenvalue weighted by atomic mass is 35.5. The predicted molar refractivity (Wildman–Crippen MR) is 270 cm³/mol. The maximum Gasteiger partial charge on any atom is 0.229 e. The molecule has 4 aromatic heterocycles. The zero-order chi connectivity index (χ0) is 50.0. The second-order valence-corrected chi connectivity index (χ2v) is 21.8. The number of hydrogen-bond donors (Lipinski definition) is 4. The highest BCUT2D eigenvalue weighted by molar-refractivity contribution is 6.28. The molecule has 0 amide bonds. The van der Waals surface area contributed by atoms with E-state index in [1.54, 1.807) is 21.5 Å². The second kappa shape index (κ2) is 19.2. The molecule has 23 heteroatoms. The van der Waals surface area contributed by atoms with Crippen LogP contribution in [0.25, 0.3) is 11.4 Å². The Bertz CT molecular complexity index is 2930. The normalized spacial score (nSPS) is 23.4. The van der Waals surface area contributed by atoms with Crippen LogP contribution in [0.15, 0.2) is 48.8 Å². The number of fused-ring (bicyclic) bond motifs is 8. The molecule has 0 bridgehead atoms. The Morgan fingerprint density at radius 2 is 1.18 bits per heavy atom. The zero-order valence-corrected chi connectivity index (χ0v) is 42.0. The lowest BCUT2D eigenvalue weighted by Gasteiger charge is -2.47. The van der Waals surface area contributed by atoms with Crippen LogP contribution in [0, 0.1) is 11.6 Å². The molecular weight excluding hydrogens is 946 g/mol. The van der Waals surface area contributed by atoms with Crippen molar-refractivity contribution in [2.45, 2.75) is 161 Å². The number of benzene rings is 2. The number of nitrogens with one attached hydrogen (secondary N) is 3. The molecule has 12 rings (SSSR count). The minimum Gasteiger partial charge on any atom is -0.478 e. The summed E-state index contributed by atoms with van der Waals surface area (Å²) in [5, 5.41) is 33.5. The number of nitrogen functional groups attached to an aromatic ring is 1. The molecule has 10 heterocycles. The van der Waals surface area contributed by atoms with Crippen molar-refractivity contribution in [3.8, 4) is 22.9 Å². The van der Waals surface area contributed by atoms with Gasteiger partial charge in [-0.3, -0.25) is 9.80 Å². The van der Waals surface area contributed by atoms with Gasteiger partial charge in [-0.15, -0.1) is 10.2 Å². The second-order valence-electron chi connectivity index (χ2n) is 21.5. The fraction of sp³-hybridized carbons (Fsp3) is 0.551. The van der Waals surface area contributed by atoms with Crippen LogP contribution in [0.4, 0.5) is 37.7 Å². The number of anilines is 5. The van der Waals surface area contributed by atoms with Gasteiger partial charge in [0.1, 0.15) is 22.9 Å². The topological polar surface area (TPSA) is 226 Å². The molecule has 4 fully saturated rings. The van der Waals surface area contributed by atoms with E-state index >= 15 is 0 Å². The molecule has 6 aliphatic rings. The van der Waals surface area contributed by atoms with Gasteiger partial charge >= 0.3 is 0 Å². The molecule has 2 aromatic carbocycles. The zero-order valence-electron chi connectivity index (χ0n) is 41.3. The number of nitrogens with zero attached hydrogens (tertiary/aromatic N) is 14. The van der Waals surface area contributed by atoms with E-state index in [1.165, 1.54) is 38.4 Å². The monoisotopic (exact) mass is 1010 g/mol. The molecule has 6 aliphatic heterocycles. The molecule has 0 spiro atoms. The smallest absolute Gasteiger partial charge is 0.229 e. The average Bonchev–Trinajstić information content (AvgIpc) is 4.15. The molecule has 0 aliphatic carbocycles. The fourth-order valence-electron chi connectivity index (χ4n) is 11.5. The lowest BCUT2D eigenvalue weighted by Crippen LogP contribution is -2.55. The minimum atomic E-state index is -0.644. The standard InChI is InChI=1S/C24H30FN9O.C14H20ClFN4.C10H11N5O.CH4/c1-23(2)12-15(10-16-6-5-9-33(16)23)27-20-17(25)13-26-22(29-20)28-14-7-8-19-18(11-14)34-21(30-31-32-34)24(3,4)35-19;1-14(2)7-9(6-10-4-3-5-20(10)14)18-12-11(16)8-17-13(15)19-12;1-10(2)9-12-13-14-15(9)7-5-6(11)3-4-8(7)16-10;/h7-8,11,13,15-16H,5-6,9-10,12H2,1-4H3,(H2,26,27,28,29);8-10H,3-7H2,1-2H3,(H,17,18,19);3-5H,11H2,1-2H3;1H4. The minimum absolute atomic E-state index is 0. The van der Waals surface area contributed by atoms with Crippen LogP contribution in [0.2, 0.25) is 5.28 Å². The quantitative estimate of drug-likeness (QED) is 0.0908. The third kappa shape index (κ3) is 10.0. The van der Waals surface area contributed by atoms with Gasteiger partial charge in [0.05, 0.1) is 12.4 Å². The maximum absolute atomic E-state index is 14.7. The van der Waals surface area contributed by atoms with Crippen molar-refractivity contribution >= 4 is 40.6 Å². The molecule has 4 unspecified atom stereocenters. The molecule has 0 radical (unpaired) electrons.